The number of allylic oxidation sites excluding steroid dienone is 7. The average Bonchev–Trinajstić information content (AvgIpc) is 2.81. The Labute approximate surface area is 158 Å². The van der Waals surface area contributed by atoms with Crippen LogP contribution in [-0.2, 0) is 9.59 Å². The molecule has 0 aromatic heterocycles. The summed E-state index contributed by atoms with van der Waals surface area (Å²) in [6, 6.07) is 0. The highest BCUT2D eigenvalue weighted by molar-refractivity contribution is 6.13. The topological polar surface area (TPSA) is 79.1 Å². The Bertz CT molecular complexity index is 993. The first-order valence-corrected chi connectivity index (χ1v) is 8.70. The fraction of sp³-hybridized carbons (Fsp3) is 0.300. The van der Waals surface area contributed by atoms with Crippen molar-refractivity contribution < 1.29 is 27.9 Å². The number of halogens is 3. The largest absolute Gasteiger partial charge is 0.478 e. The maximum Gasteiger partial charge on any atom is 0.417 e. The van der Waals surface area contributed by atoms with Crippen molar-refractivity contribution in [2.24, 2.45) is 15.9 Å². The first-order chi connectivity index (χ1) is 13.2. The lowest BCUT2D eigenvalue weighted by Gasteiger charge is -2.34. The van der Waals surface area contributed by atoms with Gasteiger partial charge in [-0.05, 0) is 18.6 Å². The highest BCUT2D eigenvalue weighted by atomic mass is 19.4. The van der Waals surface area contributed by atoms with Crippen LogP contribution in [0.1, 0.15) is 19.3 Å². The zero-order valence-electron chi connectivity index (χ0n) is 14.5. The zero-order valence-corrected chi connectivity index (χ0v) is 14.5. The Kier molecular flexibility index (Phi) is 4.10. The Hall–Kier alpha value is -3.03. The van der Waals surface area contributed by atoms with Gasteiger partial charge in [0.1, 0.15) is 5.78 Å². The maximum absolute atomic E-state index is 13.6. The molecule has 0 aromatic carbocycles. The van der Waals surface area contributed by atoms with Gasteiger partial charge in [-0.3, -0.25) is 14.8 Å². The molecule has 2 aliphatic heterocycles. The van der Waals surface area contributed by atoms with Crippen LogP contribution >= 0.6 is 0 Å². The van der Waals surface area contributed by atoms with E-state index >= 15 is 0 Å². The van der Waals surface area contributed by atoms with E-state index in [-0.39, 0.29) is 47.6 Å². The summed E-state index contributed by atoms with van der Waals surface area (Å²) in [5.74, 6) is -2.05. The minimum absolute atomic E-state index is 0.000265. The number of carboxylic acid groups (broad SMARTS) is 1. The number of fused-ring (bicyclic) bond motifs is 2. The molecule has 144 valence electrons. The first-order valence-electron chi connectivity index (χ1n) is 8.70. The lowest BCUT2D eigenvalue weighted by atomic mass is 9.74. The number of ketones is 1. The van der Waals surface area contributed by atoms with Crippen LogP contribution < -0.4 is 0 Å². The number of alkyl halides is 3. The van der Waals surface area contributed by atoms with Crippen LogP contribution in [-0.4, -0.2) is 40.1 Å². The van der Waals surface area contributed by atoms with Crippen LogP contribution in [0.5, 0.6) is 0 Å². The van der Waals surface area contributed by atoms with Gasteiger partial charge in [0.25, 0.3) is 0 Å². The van der Waals surface area contributed by atoms with Crippen LogP contribution in [0.2, 0.25) is 0 Å². The van der Waals surface area contributed by atoms with Crippen LogP contribution in [0.4, 0.5) is 13.2 Å². The quantitative estimate of drug-likeness (QED) is 0.736. The van der Waals surface area contributed by atoms with E-state index in [4.69, 9.17) is 5.11 Å². The number of Topliss-reactive ketones (excluding diaryl/α,β-unsaturated/α-hetero) is 1. The molecule has 1 spiro atoms. The van der Waals surface area contributed by atoms with E-state index in [0.717, 1.165) is 12.2 Å². The molecular weight excluding hydrogens is 373 g/mol. The van der Waals surface area contributed by atoms with Crippen molar-refractivity contribution in [1.82, 2.24) is 0 Å². The van der Waals surface area contributed by atoms with Gasteiger partial charge in [0.05, 0.1) is 22.9 Å². The third-order valence-electron chi connectivity index (χ3n) is 5.17. The van der Waals surface area contributed by atoms with E-state index in [1.807, 2.05) is 0 Å². The number of carboxylic acids is 1. The number of hydrogen-bond donors (Lipinski definition) is 1. The molecule has 2 unspecified atom stereocenters. The monoisotopic (exact) mass is 388 g/mol. The van der Waals surface area contributed by atoms with Crippen molar-refractivity contribution in [3.63, 3.8) is 0 Å². The van der Waals surface area contributed by atoms with Gasteiger partial charge in [0.2, 0.25) is 0 Å². The molecule has 2 heterocycles. The molecule has 0 radical (unpaired) electrons. The smallest absolute Gasteiger partial charge is 0.417 e. The van der Waals surface area contributed by atoms with Gasteiger partial charge >= 0.3 is 12.1 Å². The van der Waals surface area contributed by atoms with E-state index in [2.05, 4.69) is 9.98 Å². The molecule has 4 aliphatic rings. The number of carbonyl (C=O) groups is 2. The van der Waals surface area contributed by atoms with E-state index in [1.165, 1.54) is 18.2 Å². The fourth-order valence-corrected chi connectivity index (χ4v) is 4.07. The Morgan fingerprint density at radius 3 is 2.71 bits per heavy atom. The number of nitrogens with zero attached hydrogens (tertiary/aromatic N) is 2. The highest BCUT2D eigenvalue weighted by Gasteiger charge is 2.55. The lowest BCUT2D eigenvalue weighted by Crippen LogP contribution is -2.42. The molecule has 1 N–H and O–H groups in total. The van der Waals surface area contributed by atoms with Gasteiger partial charge in [-0.15, -0.1) is 0 Å². The van der Waals surface area contributed by atoms with E-state index in [0.29, 0.717) is 0 Å². The summed E-state index contributed by atoms with van der Waals surface area (Å²) >= 11 is 0. The predicted molar refractivity (Wildman–Crippen MR) is 96.2 cm³/mol. The number of aliphatic imine (C=N–C) groups is 2. The Morgan fingerprint density at radius 1 is 1.21 bits per heavy atom. The Morgan fingerprint density at radius 2 is 2.00 bits per heavy atom. The third kappa shape index (κ3) is 2.80. The summed E-state index contributed by atoms with van der Waals surface area (Å²) in [6.45, 7) is 0. The van der Waals surface area contributed by atoms with Crippen LogP contribution in [0, 0.1) is 5.92 Å². The number of aliphatic carboxylic acids is 1. The molecule has 2 aliphatic carbocycles. The summed E-state index contributed by atoms with van der Waals surface area (Å²) in [5, 5.41) is 8.87. The van der Waals surface area contributed by atoms with Crippen LogP contribution in [0.3, 0.4) is 0 Å². The molecule has 2 atom stereocenters. The molecular formula is C20H15F3N2O3. The van der Waals surface area contributed by atoms with Gasteiger partial charge in [0.15, 0.2) is 5.66 Å². The summed E-state index contributed by atoms with van der Waals surface area (Å²) < 4.78 is 40.9. The molecule has 28 heavy (non-hydrogen) atoms. The molecule has 4 rings (SSSR count). The van der Waals surface area contributed by atoms with Gasteiger partial charge in [-0.2, -0.15) is 13.2 Å². The van der Waals surface area contributed by atoms with Crippen molar-refractivity contribution >= 4 is 23.2 Å². The van der Waals surface area contributed by atoms with Crippen LogP contribution in [0.25, 0.3) is 0 Å². The summed E-state index contributed by atoms with van der Waals surface area (Å²) in [6.07, 6.45) is 5.29. The van der Waals surface area contributed by atoms with Gasteiger partial charge in [0, 0.05) is 30.1 Å². The molecule has 0 saturated heterocycles. The van der Waals surface area contributed by atoms with Crippen molar-refractivity contribution in [1.29, 1.82) is 0 Å². The molecule has 0 saturated carbocycles. The van der Waals surface area contributed by atoms with Gasteiger partial charge < -0.3 is 5.11 Å². The van der Waals surface area contributed by atoms with E-state index in [9.17, 15) is 22.8 Å². The lowest BCUT2D eigenvalue weighted by molar-refractivity contribution is -0.131. The maximum atomic E-state index is 13.6. The minimum Gasteiger partial charge on any atom is -0.478 e. The van der Waals surface area contributed by atoms with Crippen molar-refractivity contribution in [2.75, 3.05) is 0 Å². The highest BCUT2D eigenvalue weighted by Crippen LogP contribution is 2.52. The molecule has 0 aromatic rings. The molecule has 5 nitrogen and oxygen atoms in total. The second-order valence-electron chi connectivity index (χ2n) is 6.86. The summed E-state index contributed by atoms with van der Waals surface area (Å²) in [5.41, 5.74) is -1.48. The van der Waals surface area contributed by atoms with Gasteiger partial charge in [-0.1, -0.05) is 24.3 Å². The molecule has 0 bridgehead atoms. The normalized spacial score (nSPS) is 29.0. The number of hydrogen-bond acceptors (Lipinski definition) is 4. The zero-order chi connectivity index (χ0) is 20.1. The SMILES string of the molecule is O=C(O)C=CC1=NC23N=C4CC=CC(C(F)(F)F)=C4C2=CCC(=O)C3CC=C1. The average molecular weight is 388 g/mol. The van der Waals surface area contributed by atoms with Crippen molar-refractivity contribution in [2.45, 2.75) is 31.1 Å². The van der Waals surface area contributed by atoms with Crippen LogP contribution in [0.15, 0.2) is 69.2 Å². The minimum atomic E-state index is -4.56. The molecule has 0 amide bonds. The summed E-state index contributed by atoms with van der Waals surface area (Å²) in [7, 11) is 0. The standard InChI is InChI=1S/C20H15F3N2O3/c21-20(22,23)14-5-2-6-15-18(14)13-8-9-16(26)12-4-1-3-11(7-10-17(27)28)24-19(12,13)25-15/h1-3,5,7-8,10,12H,4,6,9H2,(H,27,28). The number of carbonyl (C=O) groups excluding carboxylic acids is 1. The van der Waals surface area contributed by atoms with E-state index in [1.54, 1.807) is 12.2 Å². The van der Waals surface area contributed by atoms with Gasteiger partial charge in [-0.25, -0.2) is 4.79 Å². The predicted octanol–water partition coefficient (Wildman–Crippen LogP) is 3.51. The van der Waals surface area contributed by atoms with Crippen molar-refractivity contribution in [3.05, 3.63) is 59.3 Å². The number of rotatable bonds is 2. The molecule has 0 fully saturated rings. The fourth-order valence-electron chi connectivity index (χ4n) is 4.07. The molecule has 8 heteroatoms. The van der Waals surface area contributed by atoms with E-state index < -0.39 is 29.3 Å². The first kappa shape index (κ1) is 18.3. The second kappa shape index (κ2) is 6.25. The Balaban J connectivity index is 1.95. The summed E-state index contributed by atoms with van der Waals surface area (Å²) in [4.78, 5) is 32.5. The second-order valence-corrected chi connectivity index (χ2v) is 6.86. The third-order valence-corrected chi connectivity index (χ3v) is 5.17. The van der Waals surface area contributed by atoms with Crippen molar-refractivity contribution in [3.8, 4) is 0 Å².